The molecule has 1 atom stereocenters. The van der Waals surface area contributed by atoms with E-state index in [1.165, 1.54) is 12.0 Å². The summed E-state index contributed by atoms with van der Waals surface area (Å²) in [6.07, 6.45) is 2.34. The van der Waals surface area contributed by atoms with Crippen LogP contribution in [0.2, 0.25) is 0 Å². The van der Waals surface area contributed by atoms with Crippen LogP contribution < -0.4 is 5.73 Å². The molecule has 1 unspecified atom stereocenters. The molecule has 0 aromatic heterocycles. The summed E-state index contributed by atoms with van der Waals surface area (Å²) < 4.78 is 0. The number of piperidine rings is 1. The van der Waals surface area contributed by atoms with Crippen LogP contribution in [0.4, 0.5) is 0 Å². The molecule has 0 aliphatic carbocycles. The average Bonchev–Trinajstić information content (AvgIpc) is 2.22. The molecule has 1 fully saturated rings. The number of phenols is 1. The lowest BCUT2D eigenvalue weighted by molar-refractivity contribution is 0.201. The van der Waals surface area contributed by atoms with E-state index in [0.29, 0.717) is 11.8 Å². The highest BCUT2D eigenvalue weighted by molar-refractivity contribution is 5.25. The summed E-state index contributed by atoms with van der Waals surface area (Å²) in [4.78, 5) is 2.38. The summed E-state index contributed by atoms with van der Waals surface area (Å²) in [5.74, 6) is 0.328. The van der Waals surface area contributed by atoms with Crippen molar-refractivity contribution in [3.05, 3.63) is 29.8 Å². The summed E-state index contributed by atoms with van der Waals surface area (Å²) >= 11 is 0. The third-order valence-electron chi connectivity index (χ3n) is 2.88. The summed E-state index contributed by atoms with van der Waals surface area (Å²) in [6, 6.07) is 7.74. The van der Waals surface area contributed by atoms with E-state index < -0.39 is 0 Å². The lowest BCUT2D eigenvalue weighted by atomic mass is 10.1. The minimum atomic E-state index is 0.328. The van der Waals surface area contributed by atoms with Crippen LogP contribution in [0.3, 0.4) is 0 Å². The highest BCUT2D eigenvalue weighted by Crippen LogP contribution is 2.14. The Morgan fingerprint density at radius 3 is 2.73 bits per heavy atom. The highest BCUT2D eigenvalue weighted by Gasteiger charge is 2.16. The van der Waals surface area contributed by atoms with Gasteiger partial charge in [0.1, 0.15) is 5.75 Å². The number of phenolic OH excluding ortho intramolecular Hbond substituents is 1. The molecule has 1 saturated heterocycles. The molecule has 3 heteroatoms. The van der Waals surface area contributed by atoms with Crippen molar-refractivity contribution in [2.45, 2.75) is 25.4 Å². The Hall–Kier alpha value is -1.06. The molecular formula is C12H18N2O. The molecule has 0 spiro atoms. The van der Waals surface area contributed by atoms with Gasteiger partial charge in [-0.15, -0.1) is 0 Å². The van der Waals surface area contributed by atoms with Crippen molar-refractivity contribution < 1.29 is 5.11 Å². The fraction of sp³-hybridized carbons (Fsp3) is 0.500. The van der Waals surface area contributed by atoms with Gasteiger partial charge in [-0.1, -0.05) is 12.1 Å². The predicted octanol–water partition coefficient (Wildman–Crippen LogP) is 1.32. The molecule has 1 aliphatic heterocycles. The summed E-state index contributed by atoms with van der Waals surface area (Å²) in [5, 5.41) is 9.17. The van der Waals surface area contributed by atoms with E-state index in [4.69, 9.17) is 5.73 Å². The van der Waals surface area contributed by atoms with Crippen molar-refractivity contribution in [3.63, 3.8) is 0 Å². The van der Waals surface area contributed by atoms with Crippen LogP contribution in [0, 0.1) is 0 Å². The second-order valence-electron chi connectivity index (χ2n) is 4.30. The second-order valence-corrected chi connectivity index (χ2v) is 4.30. The van der Waals surface area contributed by atoms with Crippen LogP contribution in [0.5, 0.6) is 5.75 Å². The Balaban J connectivity index is 1.93. The van der Waals surface area contributed by atoms with Crippen molar-refractivity contribution in [2.24, 2.45) is 5.73 Å². The van der Waals surface area contributed by atoms with Gasteiger partial charge in [0.05, 0.1) is 0 Å². The van der Waals surface area contributed by atoms with Gasteiger partial charge in [-0.05, 0) is 37.1 Å². The summed E-state index contributed by atoms with van der Waals surface area (Å²) in [5.41, 5.74) is 7.16. The topological polar surface area (TPSA) is 49.5 Å². The van der Waals surface area contributed by atoms with Crippen LogP contribution in [0.1, 0.15) is 18.4 Å². The third-order valence-corrected chi connectivity index (χ3v) is 2.88. The van der Waals surface area contributed by atoms with E-state index in [1.807, 2.05) is 12.1 Å². The zero-order chi connectivity index (χ0) is 10.7. The van der Waals surface area contributed by atoms with Crippen LogP contribution in [-0.4, -0.2) is 29.1 Å². The Kier molecular flexibility index (Phi) is 3.23. The Labute approximate surface area is 90.5 Å². The van der Waals surface area contributed by atoms with Gasteiger partial charge in [-0.2, -0.15) is 0 Å². The quantitative estimate of drug-likeness (QED) is 0.767. The molecule has 0 radical (unpaired) electrons. The maximum atomic E-state index is 9.17. The monoisotopic (exact) mass is 206 g/mol. The van der Waals surface area contributed by atoms with Gasteiger partial charge in [0, 0.05) is 19.1 Å². The first kappa shape index (κ1) is 10.5. The lowest BCUT2D eigenvalue weighted by Crippen LogP contribution is -2.42. The van der Waals surface area contributed by atoms with Gasteiger partial charge >= 0.3 is 0 Å². The standard InChI is InChI=1S/C12H18N2O/c13-11-2-1-7-14(9-11)8-10-3-5-12(15)6-4-10/h3-6,11,15H,1-2,7-9,13H2. The van der Waals surface area contributed by atoms with E-state index in [2.05, 4.69) is 4.90 Å². The maximum absolute atomic E-state index is 9.17. The van der Waals surface area contributed by atoms with E-state index in [0.717, 1.165) is 26.1 Å². The minimum Gasteiger partial charge on any atom is -0.508 e. The molecule has 0 saturated carbocycles. The number of likely N-dealkylation sites (tertiary alicyclic amines) is 1. The molecule has 1 aliphatic rings. The number of hydrogen-bond acceptors (Lipinski definition) is 3. The Morgan fingerprint density at radius 2 is 2.07 bits per heavy atom. The van der Waals surface area contributed by atoms with E-state index in [1.54, 1.807) is 12.1 Å². The van der Waals surface area contributed by atoms with Gasteiger partial charge in [0.25, 0.3) is 0 Å². The smallest absolute Gasteiger partial charge is 0.115 e. The fourth-order valence-electron chi connectivity index (χ4n) is 2.09. The second kappa shape index (κ2) is 4.64. The summed E-state index contributed by atoms with van der Waals surface area (Å²) in [6.45, 7) is 3.06. The number of rotatable bonds is 2. The Morgan fingerprint density at radius 1 is 1.33 bits per heavy atom. The maximum Gasteiger partial charge on any atom is 0.115 e. The molecule has 82 valence electrons. The number of benzene rings is 1. The average molecular weight is 206 g/mol. The van der Waals surface area contributed by atoms with Crippen LogP contribution in [-0.2, 0) is 6.54 Å². The number of nitrogens with zero attached hydrogens (tertiary/aromatic N) is 1. The van der Waals surface area contributed by atoms with Crippen molar-refractivity contribution in [1.29, 1.82) is 0 Å². The zero-order valence-corrected chi connectivity index (χ0v) is 8.89. The third kappa shape index (κ3) is 2.94. The van der Waals surface area contributed by atoms with Crippen molar-refractivity contribution in [1.82, 2.24) is 4.90 Å². The Bertz CT molecular complexity index is 310. The van der Waals surface area contributed by atoms with Crippen LogP contribution in [0.25, 0.3) is 0 Å². The van der Waals surface area contributed by atoms with Gasteiger partial charge in [0.2, 0.25) is 0 Å². The van der Waals surface area contributed by atoms with Crippen molar-refractivity contribution in [2.75, 3.05) is 13.1 Å². The van der Waals surface area contributed by atoms with Gasteiger partial charge in [0.15, 0.2) is 0 Å². The lowest BCUT2D eigenvalue weighted by Gasteiger charge is -2.30. The summed E-state index contributed by atoms with van der Waals surface area (Å²) in [7, 11) is 0. The van der Waals surface area contributed by atoms with Gasteiger partial charge in [-0.25, -0.2) is 0 Å². The molecule has 15 heavy (non-hydrogen) atoms. The normalized spacial score (nSPS) is 22.9. The van der Waals surface area contributed by atoms with E-state index in [-0.39, 0.29) is 0 Å². The number of aromatic hydroxyl groups is 1. The SMILES string of the molecule is NC1CCCN(Cc2ccc(O)cc2)C1. The van der Waals surface area contributed by atoms with E-state index in [9.17, 15) is 5.11 Å². The molecule has 3 nitrogen and oxygen atoms in total. The molecule has 1 aromatic carbocycles. The highest BCUT2D eigenvalue weighted by atomic mass is 16.3. The fourth-order valence-corrected chi connectivity index (χ4v) is 2.09. The van der Waals surface area contributed by atoms with Crippen LogP contribution in [0.15, 0.2) is 24.3 Å². The zero-order valence-electron chi connectivity index (χ0n) is 8.89. The molecule has 0 bridgehead atoms. The van der Waals surface area contributed by atoms with Gasteiger partial charge in [-0.3, -0.25) is 4.90 Å². The molecule has 2 rings (SSSR count). The molecule has 1 heterocycles. The van der Waals surface area contributed by atoms with Crippen LogP contribution >= 0.6 is 0 Å². The van der Waals surface area contributed by atoms with Gasteiger partial charge < -0.3 is 10.8 Å². The molecular weight excluding hydrogens is 188 g/mol. The number of nitrogens with two attached hydrogens (primary N) is 1. The van der Waals surface area contributed by atoms with E-state index >= 15 is 0 Å². The first-order chi connectivity index (χ1) is 7.24. The minimum absolute atomic E-state index is 0.328. The first-order valence-electron chi connectivity index (χ1n) is 5.50. The largest absolute Gasteiger partial charge is 0.508 e. The molecule has 3 N–H and O–H groups in total. The first-order valence-corrected chi connectivity index (χ1v) is 5.50. The predicted molar refractivity (Wildman–Crippen MR) is 60.6 cm³/mol. The molecule has 1 aromatic rings. The van der Waals surface area contributed by atoms with Crippen molar-refractivity contribution >= 4 is 0 Å². The number of hydrogen-bond donors (Lipinski definition) is 2. The van der Waals surface area contributed by atoms with Crippen molar-refractivity contribution in [3.8, 4) is 5.75 Å². The molecule has 0 amide bonds.